The molecule has 0 saturated heterocycles. The molecule has 0 bridgehead atoms. The zero-order valence-electron chi connectivity index (χ0n) is 14.5. The minimum Gasteiger partial charge on any atom is -0.468 e. The fourth-order valence-corrected chi connectivity index (χ4v) is 3.66. The number of hydrogen-bond donors (Lipinski definition) is 1. The van der Waals surface area contributed by atoms with Gasteiger partial charge in [-0.05, 0) is 23.8 Å². The van der Waals surface area contributed by atoms with Gasteiger partial charge in [-0.3, -0.25) is 10.2 Å². The Morgan fingerprint density at radius 3 is 2.46 bits per heavy atom. The second-order valence-corrected chi connectivity index (χ2v) is 7.07. The van der Waals surface area contributed by atoms with E-state index in [1.165, 1.54) is 7.11 Å². The van der Waals surface area contributed by atoms with Gasteiger partial charge in [-0.2, -0.15) is 0 Å². The molecule has 0 fully saturated rings. The number of anilines is 1. The molecule has 1 N–H and O–H groups in total. The van der Waals surface area contributed by atoms with Gasteiger partial charge in [0.25, 0.3) is 0 Å². The standard InChI is InChI=1S/C19H18Cl2N2O3/c1-23(2)11-5-7-13-15(9-11)26-18(22)17(19(24)25-3)16(13)12-6-4-10(20)8-14(12)21/h4-9,16-17,22H,1-3H3. The van der Waals surface area contributed by atoms with Gasteiger partial charge < -0.3 is 14.4 Å². The van der Waals surface area contributed by atoms with Gasteiger partial charge in [0.05, 0.1) is 7.11 Å². The summed E-state index contributed by atoms with van der Waals surface area (Å²) in [4.78, 5) is 14.3. The van der Waals surface area contributed by atoms with E-state index in [0.29, 0.717) is 21.4 Å². The third kappa shape index (κ3) is 3.24. The molecule has 0 amide bonds. The molecule has 2 atom stereocenters. The summed E-state index contributed by atoms with van der Waals surface area (Å²) in [5.41, 5.74) is 2.39. The van der Waals surface area contributed by atoms with Gasteiger partial charge in [-0.1, -0.05) is 35.3 Å². The van der Waals surface area contributed by atoms with Gasteiger partial charge in [0.15, 0.2) is 0 Å². The molecule has 2 aromatic rings. The van der Waals surface area contributed by atoms with Crippen LogP contribution in [0, 0.1) is 11.3 Å². The monoisotopic (exact) mass is 392 g/mol. The number of carbonyl (C=O) groups is 1. The molecule has 2 aromatic carbocycles. The number of fused-ring (bicyclic) bond motifs is 1. The van der Waals surface area contributed by atoms with Crippen LogP contribution in [0.2, 0.25) is 10.0 Å². The highest BCUT2D eigenvalue weighted by Crippen LogP contribution is 2.46. The Kier molecular flexibility index (Phi) is 5.12. The smallest absolute Gasteiger partial charge is 0.319 e. The zero-order valence-corrected chi connectivity index (χ0v) is 16.1. The summed E-state index contributed by atoms with van der Waals surface area (Å²) in [7, 11) is 5.13. The zero-order chi connectivity index (χ0) is 19.0. The van der Waals surface area contributed by atoms with Gasteiger partial charge in [0, 0.05) is 47.4 Å². The van der Waals surface area contributed by atoms with Crippen LogP contribution in [-0.4, -0.2) is 33.1 Å². The topological polar surface area (TPSA) is 62.6 Å². The summed E-state index contributed by atoms with van der Waals surface area (Å²) < 4.78 is 10.6. The number of carbonyl (C=O) groups excluding carboxylic acids is 1. The Balaban J connectivity index is 2.21. The molecule has 1 heterocycles. The lowest BCUT2D eigenvalue weighted by atomic mass is 9.78. The van der Waals surface area contributed by atoms with Gasteiger partial charge >= 0.3 is 5.97 Å². The second-order valence-electron chi connectivity index (χ2n) is 6.23. The van der Waals surface area contributed by atoms with Crippen LogP contribution in [0.25, 0.3) is 0 Å². The van der Waals surface area contributed by atoms with Crippen LogP contribution in [-0.2, 0) is 9.53 Å². The number of hydrogen-bond acceptors (Lipinski definition) is 5. The van der Waals surface area contributed by atoms with E-state index in [4.69, 9.17) is 38.1 Å². The number of benzene rings is 2. The van der Waals surface area contributed by atoms with E-state index in [-0.39, 0.29) is 5.90 Å². The highest BCUT2D eigenvalue weighted by atomic mass is 35.5. The molecule has 7 heteroatoms. The maximum absolute atomic E-state index is 12.4. The average molecular weight is 393 g/mol. The highest BCUT2D eigenvalue weighted by molar-refractivity contribution is 6.35. The van der Waals surface area contributed by atoms with Gasteiger partial charge in [-0.25, -0.2) is 0 Å². The molecule has 1 aliphatic rings. The van der Waals surface area contributed by atoms with E-state index in [2.05, 4.69) is 0 Å². The van der Waals surface area contributed by atoms with Crippen molar-refractivity contribution in [2.45, 2.75) is 5.92 Å². The molecule has 0 aliphatic carbocycles. The first kappa shape index (κ1) is 18.5. The van der Waals surface area contributed by atoms with E-state index < -0.39 is 17.8 Å². The second kappa shape index (κ2) is 7.17. The van der Waals surface area contributed by atoms with Crippen LogP contribution in [0.4, 0.5) is 5.69 Å². The van der Waals surface area contributed by atoms with Gasteiger partial charge in [0.1, 0.15) is 11.7 Å². The Morgan fingerprint density at radius 1 is 1.15 bits per heavy atom. The molecule has 3 rings (SSSR count). The van der Waals surface area contributed by atoms with Crippen LogP contribution < -0.4 is 9.64 Å². The summed E-state index contributed by atoms with van der Waals surface area (Å²) in [5.74, 6) is -1.61. The number of halogens is 2. The van der Waals surface area contributed by atoms with Gasteiger partial charge in [-0.15, -0.1) is 0 Å². The van der Waals surface area contributed by atoms with Crippen molar-refractivity contribution in [3.05, 3.63) is 57.6 Å². The molecule has 5 nitrogen and oxygen atoms in total. The normalized spacial score (nSPS) is 18.7. The van der Waals surface area contributed by atoms with E-state index in [1.54, 1.807) is 18.2 Å². The van der Waals surface area contributed by atoms with Crippen molar-refractivity contribution in [2.24, 2.45) is 5.92 Å². The van der Waals surface area contributed by atoms with Crippen molar-refractivity contribution < 1.29 is 14.3 Å². The first-order chi connectivity index (χ1) is 12.3. The average Bonchev–Trinajstić information content (AvgIpc) is 2.59. The number of esters is 1. The van der Waals surface area contributed by atoms with E-state index in [0.717, 1.165) is 11.3 Å². The van der Waals surface area contributed by atoms with Crippen LogP contribution in [0.1, 0.15) is 17.0 Å². The van der Waals surface area contributed by atoms with Crippen molar-refractivity contribution in [3.8, 4) is 5.75 Å². The quantitative estimate of drug-likeness (QED) is 0.788. The van der Waals surface area contributed by atoms with Crippen LogP contribution in [0.5, 0.6) is 5.75 Å². The predicted molar refractivity (Wildman–Crippen MR) is 103 cm³/mol. The fraction of sp³-hybridized carbons (Fsp3) is 0.263. The van der Waals surface area contributed by atoms with Crippen molar-refractivity contribution in [3.63, 3.8) is 0 Å². The maximum Gasteiger partial charge on any atom is 0.319 e. The molecular formula is C19H18Cl2N2O3. The first-order valence-corrected chi connectivity index (χ1v) is 8.69. The van der Waals surface area contributed by atoms with Crippen LogP contribution >= 0.6 is 23.2 Å². The number of ether oxygens (including phenoxy) is 2. The summed E-state index contributed by atoms with van der Waals surface area (Å²) in [6.07, 6.45) is 0. The van der Waals surface area contributed by atoms with Gasteiger partial charge in [0.2, 0.25) is 5.90 Å². The lowest BCUT2D eigenvalue weighted by molar-refractivity contribution is -0.143. The highest BCUT2D eigenvalue weighted by Gasteiger charge is 2.43. The lowest BCUT2D eigenvalue weighted by Crippen LogP contribution is -2.38. The first-order valence-electron chi connectivity index (χ1n) is 7.93. The Labute approximate surface area is 161 Å². The maximum atomic E-state index is 12.4. The Morgan fingerprint density at radius 2 is 1.85 bits per heavy atom. The molecule has 0 radical (unpaired) electrons. The summed E-state index contributed by atoms with van der Waals surface area (Å²) in [6.45, 7) is 0. The molecule has 2 unspecified atom stereocenters. The Hall–Kier alpha value is -2.24. The molecule has 136 valence electrons. The fourth-order valence-electron chi connectivity index (χ4n) is 3.13. The molecule has 0 aromatic heterocycles. The van der Waals surface area contributed by atoms with E-state index >= 15 is 0 Å². The van der Waals surface area contributed by atoms with Crippen LogP contribution in [0.3, 0.4) is 0 Å². The minimum absolute atomic E-state index is 0.170. The summed E-state index contributed by atoms with van der Waals surface area (Å²) in [5, 5.41) is 9.20. The van der Waals surface area contributed by atoms with Crippen molar-refractivity contribution in [2.75, 3.05) is 26.1 Å². The number of nitrogens with zero attached hydrogens (tertiary/aromatic N) is 1. The Bertz CT molecular complexity index is 883. The minimum atomic E-state index is -0.920. The van der Waals surface area contributed by atoms with Crippen molar-refractivity contribution in [1.82, 2.24) is 0 Å². The third-order valence-electron chi connectivity index (χ3n) is 4.44. The number of nitrogens with one attached hydrogen (secondary N) is 1. The summed E-state index contributed by atoms with van der Waals surface area (Å²) in [6, 6.07) is 10.8. The van der Waals surface area contributed by atoms with Crippen LogP contribution in [0.15, 0.2) is 36.4 Å². The molecule has 26 heavy (non-hydrogen) atoms. The third-order valence-corrected chi connectivity index (χ3v) is 5.00. The molecule has 0 saturated carbocycles. The lowest BCUT2D eigenvalue weighted by Gasteiger charge is -2.33. The number of methoxy groups -OCH3 is 1. The summed E-state index contributed by atoms with van der Waals surface area (Å²) >= 11 is 12.4. The molecule has 0 spiro atoms. The van der Waals surface area contributed by atoms with Crippen molar-refractivity contribution >= 4 is 40.8 Å². The number of rotatable bonds is 3. The predicted octanol–water partition coefficient (Wildman–Crippen LogP) is 4.35. The molecule has 1 aliphatic heterocycles. The largest absolute Gasteiger partial charge is 0.468 e. The molecular weight excluding hydrogens is 375 g/mol. The van der Waals surface area contributed by atoms with Crippen molar-refractivity contribution in [1.29, 1.82) is 5.41 Å². The van der Waals surface area contributed by atoms with E-state index in [1.807, 2.05) is 37.2 Å². The SMILES string of the molecule is COC(=O)C1C(=N)Oc2cc(N(C)C)ccc2C1c1ccc(Cl)cc1Cl. The van der Waals surface area contributed by atoms with E-state index in [9.17, 15) is 4.79 Å².